The fourth-order valence-corrected chi connectivity index (χ4v) is 3.11. The number of hydrogen-bond acceptors (Lipinski definition) is 2. The van der Waals surface area contributed by atoms with Gasteiger partial charge in [-0.25, -0.2) is 8.78 Å². The zero-order chi connectivity index (χ0) is 13.4. The maximum atomic E-state index is 14.0. The van der Waals surface area contributed by atoms with Crippen molar-refractivity contribution in [2.75, 3.05) is 19.6 Å². The molecule has 1 saturated heterocycles. The van der Waals surface area contributed by atoms with Crippen LogP contribution < -0.4 is 5.32 Å². The average Bonchev–Trinajstić information content (AvgIpc) is 3.24. The van der Waals surface area contributed by atoms with Crippen molar-refractivity contribution in [3.8, 4) is 0 Å². The molecule has 2 aliphatic rings. The van der Waals surface area contributed by atoms with E-state index in [-0.39, 0.29) is 5.56 Å². The molecule has 1 aromatic carbocycles. The summed E-state index contributed by atoms with van der Waals surface area (Å²) in [5, 5.41) is 3.50. The normalized spacial score (nSPS) is 24.7. The summed E-state index contributed by atoms with van der Waals surface area (Å²) >= 11 is 3.12. The molecule has 1 heterocycles. The van der Waals surface area contributed by atoms with Crippen molar-refractivity contribution in [3.63, 3.8) is 0 Å². The maximum Gasteiger partial charge on any atom is 0.144 e. The van der Waals surface area contributed by atoms with Crippen molar-refractivity contribution in [2.24, 2.45) is 5.92 Å². The SMILES string of the molecule is Fc1ccc(Br)c(F)c1CN1CCNC(C2CC2)C1. The summed E-state index contributed by atoms with van der Waals surface area (Å²) in [5.41, 5.74) is 0.172. The van der Waals surface area contributed by atoms with E-state index < -0.39 is 11.6 Å². The Balaban J connectivity index is 1.72. The highest BCUT2D eigenvalue weighted by Crippen LogP contribution is 2.34. The lowest BCUT2D eigenvalue weighted by atomic mass is 10.1. The monoisotopic (exact) mass is 330 g/mol. The van der Waals surface area contributed by atoms with Crippen molar-refractivity contribution in [3.05, 3.63) is 33.8 Å². The quantitative estimate of drug-likeness (QED) is 0.857. The number of piperazine rings is 1. The largest absolute Gasteiger partial charge is 0.311 e. The predicted octanol–water partition coefficient (Wildman–Crippen LogP) is 2.91. The van der Waals surface area contributed by atoms with Gasteiger partial charge in [0.1, 0.15) is 11.6 Å². The van der Waals surface area contributed by atoms with Gasteiger partial charge in [-0.1, -0.05) is 0 Å². The van der Waals surface area contributed by atoms with Crippen molar-refractivity contribution in [1.29, 1.82) is 0 Å². The van der Waals surface area contributed by atoms with Crippen LogP contribution in [0.25, 0.3) is 0 Å². The van der Waals surface area contributed by atoms with Crippen LogP contribution in [0.5, 0.6) is 0 Å². The molecule has 0 bridgehead atoms. The molecule has 104 valence electrons. The molecule has 2 nitrogen and oxygen atoms in total. The smallest absolute Gasteiger partial charge is 0.144 e. The molecule has 0 radical (unpaired) electrons. The van der Waals surface area contributed by atoms with E-state index in [0.717, 1.165) is 25.6 Å². The predicted molar refractivity (Wildman–Crippen MR) is 73.8 cm³/mol. The molecule has 1 aliphatic carbocycles. The number of nitrogens with one attached hydrogen (secondary N) is 1. The van der Waals surface area contributed by atoms with E-state index in [1.165, 1.54) is 25.0 Å². The summed E-state index contributed by atoms with van der Waals surface area (Å²) in [5.74, 6) is -0.163. The van der Waals surface area contributed by atoms with Gasteiger partial charge >= 0.3 is 0 Å². The van der Waals surface area contributed by atoms with Crippen molar-refractivity contribution in [2.45, 2.75) is 25.4 Å². The second kappa shape index (κ2) is 5.46. The molecule has 1 aromatic rings. The first-order valence-corrected chi connectivity index (χ1v) is 7.52. The molecule has 1 N–H and O–H groups in total. The summed E-state index contributed by atoms with van der Waals surface area (Å²) in [6.45, 7) is 2.98. The zero-order valence-corrected chi connectivity index (χ0v) is 12.2. The standard InChI is InChI=1S/C14H17BrF2N2/c15-11-3-4-12(16)10(14(11)17)7-19-6-5-18-13(8-19)9-1-2-9/h3-4,9,13,18H,1-2,5-8H2. The van der Waals surface area contributed by atoms with Gasteiger partial charge in [0.2, 0.25) is 0 Å². The van der Waals surface area contributed by atoms with E-state index in [4.69, 9.17) is 0 Å². The van der Waals surface area contributed by atoms with Gasteiger partial charge in [-0.15, -0.1) is 0 Å². The molecular weight excluding hydrogens is 314 g/mol. The van der Waals surface area contributed by atoms with Crippen LogP contribution >= 0.6 is 15.9 Å². The van der Waals surface area contributed by atoms with Gasteiger partial charge < -0.3 is 5.32 Å². The fraction of sp³-hybridized carbons (Fsp3) is 0.571. The molecule has 1 unspecified atom stereocenters. The fourth-order valence-electron chi connectivity index (χ4n) is 2.74. The van der Waals surface area contributed by atoms with Crippen LogP contribution in [0.4, 0.5) is 8.78 Å². The summed E-state index contributed by atoms with van der Waals surface area (Å²) in [6, 6.07) is 3.23. The molecule has 5 heteroatoms. The van der Waals surface area contributed by atoms with E-state index in [1.807, 2.05) is 0 Å². The van der Waals surface area contributed by atoms with E-state index >= 15 is 0 Å². The molecule has 1 aliphatic heterocycles. The summed E-state index contributed by atoms with van der Waals surface area (Å²) < 4.78 is 28.0. The minimum Gasteiger partial charge on any atom is -0.311 e. The van der Waals surface area contributed by atoms with Crippen LogP contribution in [-0.4, -0.2) is 30.6 Å². The number of nitrogens with zero attached hydrogens (tertiary/aromatic N) is 1. The Labute approximate surface area is 120 Å². The topological polar surface area (TPSA) is 15.3 Å². The molecule has 0 amide bonds. The Hall–Kier alpha value is -0.520. The summed E-state index contributed by atoms with van der Waals surface area (Å²) in [6.07, 6.45) is 2.57. The lowest BCUT2D eigenvalue weighted by molar-refractivity contribution is 0.177. The Morgan fingerprint density at radius 3 is 2.84 bits per heavy atom. The lowest BCUT2D eigenvalue weighted by Gasteiger charge is -2.34. The molecule has 0 spiro atoms. The van der Waals surface area contributed by atoms with Crippen LogP contribution in [0.15, 0.2) is 16.6 Å². The highest BCUT2D eigenvalue weighted by atomic mass is 79.9. The van der Waals surface area contributed by atoms with Gasteiger partial charge in [-0.3, -0.25) is 4.90 Å². The van der Waals surface area contributed by atoms with Crippen LogP contribution in [0, 0.1) is 17.6 Å². The first kappa shape index (κ1) is 13.5. The van der Waals surface area contributed by atoms with Gasteiger partial charge in [-0.05, 0) is 46.8 Å². The summed E-state index contributed by atoms with van der Waals surface area (Å²) in [7, 11) is 0. The minimum atomic E-state index is -0.471. The molecule has 2 fully saturated rings. The van der Waals surface area contributed by atoms with Crippen molar-refractivity contribution in [1.82, 2.24) is 10.2 Å². The Morgan fingerprint density at radius 2 is 2.11 bits per heavy atom. The highest BCUT2D eigenvalue weighted by molar-refractivity contribution is 9.10. The third kappa shape index (κ3) is 2.98. The molecule has 1 saturated carbocycles. The lowest BCUT2D eigenvalue weighted by Crippen LogP contribution is -2.51. The zero-order valence-electron chi connectivity index (χ0n) is 10.6. The Kier molecular flexibility index (Phi) is 3.87. The number of rotatable bonds is 3. The van der Waals surface area contributed by atoms with Crippen LogP contribution in [0.2, 0.25) is 0 Å². The van der Waals surface area contributed by atoms with Crippen molar-refractivity contribution >= 4 is 15.9 Å². The second-order valence-electron chi connectivity index (χ2n) is 5.45. The first-order valence-electron chi connectivity index (χ1n) is 6.73. The summed E-state index contributed by atoms with van der Waals surface area (Å²) in [4.78, 5) is 2.15. The second-order valence-corrected chi connectivity index (χ2v) is 6.31. The maximum absolute atomic E-state index is 14.0. The number of halogens is 3. The molecule has 1 atom stereocenters. The number of benzene rings is 1. The third-order valence-electron chi connectivity index (χ3n) is 4.00. The van der Waals surface area contributed by atoms with Gasteiger partial charge in [0.05, 0.1) is 4.47 Å². The van der Waals surface area contributed by atoms with E-state index in [0.29, 0.717) is 17.1 Å². The molecule has 19 heavy (non-hydrogen) atoms. The van der Waals surface area contributed by atoms with Crippen LogP contribution in [0.3, 0.4) is 0 Å². The van der Waals surface area contributed by atoms with Gasteiger partial charge in [-0.2, -0.15) is 0 Å². The van der Waals surface area contributed by atoms with Gasteiger partial charge in [0, 0.05) is 37.8 Å². The van der Waals surface area contributed by atoms with E-state index in [9.17, 15) is 8.78 Å². The Bertz CT molecular complexity index is 477. The first-order chi connectivity index (χ1) is 9.15. The van der Waals surface area contributed by atoms with E-state index in [2.05, 4.69) is 26.1 Å². The van der Waals surface area contributed by atoms with Crippen LogP contribution in [0.1, 0.15) is 18.4 Å². The Morgan fingerprint density at radius 1 is 1.32 bits per heavy atom. The molecule has 3 rings (SSSR count). The minimum absolute atomic E-state index is 0.172. The molecule has 0 aromatic heterocycles. The third-order valence-corrected chi connectivity index (χ3v) is 4.61. The average molecular weight is 331 g/mol. The van der Waals surface area contributed by atoms with Gasteiger partial charge in [0.15, 0.2) is 0 Å². The van der Waals surface area contributed by atoms with Gasteiger partial charge in [0.25, 0.3) is 0 Å². The number of hydrogen-bond donors (Lipinski definition) is 1. The highest BCUT2D eigenvalue weighted by Gasteiger charge is 2.34. The van der Waals surface area contributed by atoms with Crippen molar-refractivity contribution < 1.29 is 8.78 Å². The molecular formula is C14H17BrF2N2. The van der Waals surface area contributed by atoms with E-state index in [1.54, 1.807) is 0 Å². The van der Waals surface area contributed by atoms with Crippen LogP contribution in [-0.2, 0) is 6.54 Å².